The smallest absolute Gasteiger partial charge is 0.135 e. The predicted molar refractivity (Wildman–Crippen MR) is 57.7 cm³/mol. The van der Waals surface area contributed by atoms with Crippen molar-refractivity contribution in [2.75, 3.05) is 0 Å². The molecule has 0 spiro atoms. The van der Waals surface area contributed by atoms with Gasteiger partial charge in [-0.15, -0.1) is 6.58 Å². The number of ketones is 1. The minimum absolute atomic E-state index is 0.252. The Kier molecular flexibility index (Phi) is 6.56. The highest BCUT2D eigenvalue weighted by Crippen LogP contribution is 2.14. The molecule has 0 unspecified atom stereocenters. The van der Waals surface area contributed by atoms with Gasteiger partial charge in [0.2, 0.25) is 0 Å². The van der Waals surface area contributed by atoms with E-state index in [4.69, 9.17) is 0 Å². The van der Waals surface area contributed by atoms with Crippen LogP contribution in [0.5, 0.6) is 0 Å². The SMILES string of the molecule is C=C[C@H](C)CCC[C@H](C)C(=O)CC. The summed E-state index contributed by atoms with van der Waals surface area (Å²) < 4.78 is 0. The van der Waals surface area contributed by atoms with E-state index in [0.29, 0.717) is 18.1 Å². The normalized spacial score (nSPS) is 15.0. The Morgan fingerprint density at radius 1 is 1.38 bits per heavy atom. The molecule has 0 aromatic carbocycles. The van der Waals surface area contributed by atoms with Crippen LogP contribution in [0.1, 0.15) is 46.5 Å². The lowest BCUT2D eigenvalue weighted by Crippen LogP contribution is -2.09. The fourth-order valence-electron chi connectivity index (χ4n) is 1.37. The first kappa shape index (κ1) is 12.4. The molecule has 0 aliphatic rings. The summed E-state index contributed by atoms with van der Waals surface area (Å²) in [4.78, 5) is 11.2. The highest BCUT2D eigenvalue weighted by molar-refractivity contribution is 5.80. The van der Waals surface area contributed by atoms with Crippen molar-refractivity contribution in [1.29, 1.82) is 0 Å². The minimum atomic E-state index is 0.252. The average Bonchev–Trinajstić information content (AvgIpc) is 2.15. The quantitative estimate of drug-likeness (QED) is 0.550. The third kappa shape index (κ3) is 5.62. The number of Topliss-reactive ketones (excluding diaryl/α,β-unsaturated/α-hetero) is 1. The van der Waals surface area contributed by atoms with Crippen LogP contribution in [0.4, 0.5) is 0 Å². The van der Waals surface area contributed by atoms with Gasteiger partial charge >= 0.3 is 0 Å². The molecule has 13 heavy (non-hydrogen) atoms. The molecule has 0 rings (SSSR count). The van der Waals surface area contributed by atoms with Crippen molar-refractivity contribution in [2.45, 2.75) is 46.5 Å². The van der Waals surface area contributed by atoms with Crippen LogP contribution < -0.4 is 0 Å². The van der Waals surface area contributed by atoms with Crippen LogP contribution in [-0.4, -0.2) is 5.78 Å². The van der Waals surface area contributed by atoms with E-state index in [1.807, 2.05) is 19.9 Å². The molecule has 1 nitrogen and oxygen atoms in total. The first-order chi connectivity index (χ1) is 6.11. The lowest BCUT2D eigenvalue weighted by molar-refractivity contribution is -0.122. The van der Waals surface area contributed by atoms with Crippen LogP contribution >= 0.6 is 0 Å². The van der Waals surface area contributed by atoms with Gasteiger partial charge in [-0.2, -0.15) is 0 Å². The molecule has 1 heteroatoms. The number of hydrogen-bond acceptors (Lipinski definition) is 1. The second-order valence-electron chi connectivity index (χ2n) is 3.86. The van der Waals surface area contributed by atoms with Crippen molar-refractivity contribution in [2.24, 2.45) is 11.8 Å². The van der Waals surface area contributed by atoms with Crippen molar-refractivity contribution < 1.29 is 4.79 Å². The van der Waals surface area contributed by atoms with Gasteiger partial charge in [-0.1, -0.05) is 33.3 Å². The highest BCUT2D eigenvalue weighted by atomic mass is 16.1. The van der Waals surface area contributed by atoms with Crippen LogP contribution in [0.3, 0.4) is 0 Å². The van der Waals surface area contributed by atoms with Crippen LogP contribution in [-0.2, 0) is 4.79 Å². The third-order valence-corrected chi connectivity index (χ3v) is 2.60. The van der Waals surface area contributed by atoms with Crippen LogP contribution in [0.2, 0.25) is 0 Å². The zero-order valence-corrected chi connectivity index (χ0v) is 9.18. The minimum Gasteiger partial charge on any atom is -0.299 e. The molecule has 0 N–H and O–H groups in total. The van der Waals surface area contributed by atoms with Gasteiger partial charge in [0, 0.05) is 12.3 Å². The Balaban J connectivity index is 3.52. The molecule has 0 aliphatic carbocycles. The molecule has 0 saturated heterocycles. The lowest BCUT2D eigenvalue weighted by atomic mass is 9.95. The lowest BCUT2D eigenvalue weighted by Gasteiger charge is -2.10. The molecule has 2 atom stereocenters. The van der Waals surface area contributed by atoms with E-state index < -0.39 is 0 Å². The van der Waals surface area contributed by atoms with Crippen molar-refractivity contribution in [3.05, 3.63) is 12.7 Å². The van der Waals surface area contributed by atoms with E-state index in [-0.39, 0.29) is 5.92 Å². The summed E-state index contributed by atoms with van der Waals surface area (Å²) in [5.41, 5.74) is 0. The molecular formula is C12H22O. The average molecular weight is 182 g/mol. The standard InChI is InChI=1S/C12H22O/c1-5-10(3)8-7-9-11(4)12(13)6-2/h5,10-11H,1,6-9H2,2-4H3/t10-,11-/m0/s1. The van der Waals surface area contributed by atoms with Gasteiger partial charge < -0.3 is 0 Å². The van der Waals surface area contributed by atoms with E-state index >= 15 is 0 Å². The third-order valence-electron chi connectivity index (χ3n) is 2.60. The Morgan fingerprint density at radius 2 is 2.00 bits per heavy atom. The Hall–Kier alpha value is -0.590. The van der Waals surface area contributed by atoms with Crippen LogP contribution in [0, 0.1) is 11.8 Å². The molecule has 0 fully saturated rings. The monoisotopic (exact) mass is 182 g/mol. The van der Waals surface area contributed by atoms with Crippen molar-refractivity contribution >= 4 is 5.78 Å². The molecule has 0 radical (unpaired) electrons. The maximum absolute atomic E-state index is 11.2. The summed E-state index contributed by atoms with van der Waals surface area (Å²) in [6, 6.07) is 0. The van der Waals surface area contributed by atoms with E-state index in [0.717, 1.165) is 19.3 Å². The fourth-order valence-corrected chi connectivity index (χ4v) is 1.37. The second kappa shape index (κ2) is 6.88. The Morgan fingerprint density at radius 3 is 2.46 bits per heavy atom. The molecule has 0 aliphatic heterocycles. The molecule has 0 aromatic rings. The number of carbonyl (C=O) groups excluding carboxylic acids is 1. The van der Waals surface area contributed by atoms with Crippen LogP contribution in [0.15, 0.2) is 12.7 Å². The fraction of sp³-hybridized carbons (Fsp3) is 0.750. The Labute approximate surface area is 82.2 Å². The second-order valence-corrected chi connectivity index (χ2v) is 3.86. The van der Waals surface area contributed by atoms with Gasteiger partial charge in [-0.25, -0.2) is 0 Å². The highest BCUT2D eigenvalue weighted by Gasteiger charge is 2.10. The molecule has 76 valence electrons. The first-order valence-corrected chi connectivity index (χ1v) is 5.27. The summed E-state index contributed by atoms with van der Waals surface area (Å²) >= 11 is 0. The molecule has 0 saturated carbocycles. The maximum Gasteiger partial charge on any atom is 0.135 e. The topological polar surface area (TPSA) is 17.1 Å². The van der Waals surface area contributed by atoms with E-state index in [1.165, 1.54) is 0 Å². The van der Waals surface area contributed by atoms with Gasteiger partial charge in [0.05, 0.1) is 0 Å². The predicted octanol–water partition coefficient (Wildman–Crippen LogP) is 3.59. The zero-order valence-electron chi connectivity index (χ0n) is 9.18. The summed E-state index contributed by atoms with van der Waals surface area (Å²) in [5.74, 6) is 1.23. The molecule has 0 bridgehead atoms. The van der Waals surface area contributed by atoms with Crippen molar-refractivity contribution in [1.82, 2.24) is 0 Å². The molecule has 0 heterocycles. The first-order valence-electron chi connectivity index (χ1n) is 5.27. The largest absolute Gasteiger partial charge is 0.299 e. The molecule has 0 amide bonds. The van der Waals surface area contributed by atoms with Crippen molar-refractivity contribution in [3.8, 4) is 0 Å². The van der Waals surface area contributed by atoms with Crippen molar-refractivity contribution in [3.63, 3.8) is 0 Å². The van der Waals surface area contributed by atoms with E-state index in [9.17, 15) is 4.79 Å². The maximum atomic E-state index is 11.2. The summed E-state index contributed by atoms with van der Waals surface area (Å²) in [7, 11) is 0. The molecule has 0 aromatic heterocycles. The summed E-state index contributed by atoms with van der Waals surface area (Å²) in [6.45, 7) is 9.88. The number of carbonyl (C=O) groups is 1. The van der Waals surface area contributed by atoms with Gasteiger partial charge in [-0.05, 0) is 18.8 Å². The number of hydrogen-bond donors (Lipinski definition) is 0. The van der Waals surface area contributed by atoms with Gasteiger partial charge in [0.1, 0.15) is 5.78 Å². The number of rotatable bonds is 7. The van der Waals surface area contributed by atoms with Gasteiger partial charge in [0.15, 0.2) is 0 Å². The Bertz CT molecular complexity index is 161. The van der Waals surface area contributed by atoms with E-state index in [2.05, 4.69) is 13.5 Å². The van der Waals surface area contributed by atoms with Crippen LogP contribution in [0.25, 0.3) is 0 Å². The van der Waals surface area contributed by atoms with E-state index in [1.54, 1.807) is 0 Å². The molecular weight excluding hydrogens is 160 g/mol. The zero-order chi connectivity index (χ0) is 10.3. The summed E-state index contributed by atoms with van der Waals surface area (Å²) in [6.07, 6.45) is 5.99. The number of allylic oxidation sites excluding steroid dienone is 1. The van der Waals surface area contributed by atoms with Gasteiger partial charge in [-0.3, -0.25) is 4.79 Å². The summed E-state index contributed by atoms with van der Waals surface area (Å²) in [5, 5.41) is 0. The van der Waals surface area contributed by atoms with Gasteiger partial charge in [0.25, 0.3) is 0 Å².